The Morgan fingerprint density at radius 1 is 0.440 bits per heavy atom. The maximum Gasteiger partial charge on any atom is 0.136 e. The van der Waals surface area contributed by atoms with Crippen molar-refractivity contribution in [3.63, 3.8) is 0 Å². The lowest BCUT2D eigenvalue weighted by Crippen LogP contribution is -2.00. The lowest BCUT2D eigenvalue weighted by Gasteiger charge is -2.16. The van der Waals surface area contributed by atoms with E-state index in [0.29, 0.717) is 0 Å². The molecule has 0 aliphatic rings. The van der Waals surface area contributed by atoms with Crippen LogP contribution < -0.4 is 5.73 Å². The molecule has 0 aliphatic carbocycles. The monoisotopic (exact) mass is 642 g/mol. The molecule has 0 amide bonds. The predicted octanol–water partition coefficient (Wildman–Crippen LogP) is 12.1. The molecular weight excluding hydrogens is 609 g/mol. The van der Waals surface area contributed by atoms with E-state index in [0.717, 1.165) is 38.6 Å². The highest BCUT2D eigenvalue weighted by molar-refractivity contribution is 6.28. The molecule has 3 nitrogen and oxygen atoms in total. The van der Waals surface area contributed by atoms with Gasteiger partial charge in [-0.1, -0.05) is 133 Å². The summed E-state index contributed by atoms with van der Waals surface area (Å²) >= 11 is 0. The van der Waals surface area contributed by atoms with E-state index in [9.17, 15) is 0 Å². The number of furan rings is 1. The fourth-order valence-electron chi connectivity index (χ4n) is 7.63. The number of hydrogen-bond acceptors (Lipinski definition) is 3. The van der Waals surface area contributed by atoms with E-state index < -0.39 is 0 Å². The summed E-state index contributed by atoms with van der Waals surface area (Å²) in [7, 11) is 1.50. The van der Waals surface area contributed by atoms with Crippen molar-refractivity contribution in [1.29, 1.82) is 0 Å². The average molecular weight is 643 g/mol. The summed E-state index contributed by atoms with van der Waals surface area (Å²) in [5.74, 6) is 0. The normalized spacial score (nSPS) is 11.9. The molecule has 2 N–H and O–H groups in total. The number of benzene rings is 9. The minimum Gasteiger partial charge on any atom is -0.456 e. The second kappa shape index (κ2) is 12.3. The Hall–Kier alpha value is -6.29. The zero-order valence-corrected chi connectivity index (χ0v) is 27.7. The van der Waals surface area contributed by atoms with Crippen LogP contribution in [-0.4, -0.2) is 13.3 Å². The molecule has 0 radical (unpaired) electrons. The van der Waals surface area contributed by atoms with Gasteiger partial charge in [0.1, 0.15) is 11.2 Å². The number of aliphatic imine (C=N–C) groups is 1. The standard InChI is InChI=1S/C46H29NO.CH5N/c1-3-12-31-24-33(22-20-29(31)10-1)46(34-23-21-30-11-2-4-13-32(30)25-34)47-28-35-14-9-19-43-45(35)42-26-40-38-17-7-5-15-36(38)37-16-6-8-18-39(37)41(40)27-44(42)48-43;1-2/h1-28,46H;2H2,1H3. The van der Waals surface area contributed by atoms with E-state index in [4.69, 9.17) is 9.41 Å². The summed E-state index contributed by atoms with van der Waals surface area (Å²) in [5.41, 5.74) is 9.62. The van der Waals surface area contributed by atoms with Crippen molar-refractivity contribution < 1.29 is 4.42 Å². The number of hydrogen-bond donors (Lipinski definition) is 1. The number of nitrogens with zero attached hydrogens (tertiary/aromatic N) is 1. The van der Waals surface area contributed by atoms with E-state index in [1.807, 2.05) is 0 Å². The number of fused-ring (bicyclic) bond motifs is 11. The SMILES string of the molecule is C(=NC(c1ccc2ccccc2c1)c1ccc2ccccc2c1)c1cccc2oc3cc4c5ccccc5c5ccccc5c4cc3c12.CN. The van der Waals surface area contributed by atoms with Gasteiger partial charge in [0.15, 0.2) is 0 Å². The largest absolute Gasteiger partial charge is 0.456 e. The van der Waals surface area contributed by atoms with Crippen LogP contribution in [-0.2, 0) is 0 Å². The molecule has 10 aromatic rings. The van der Waals surface area contributed by atoms with Gasteiger partial charge in [-0.15, -0.1) is 0 Å². The van der Waals surface area contributed by atoms with Crippen LogP contribution in [0.4, 0.5) is 0 Å². The zero-order valence-electron chi connectivity index (χ0n) is 27.7. The first-order valence-electron chi connectivity index (χ1n) is 17.1. The van der Waals surface area contributed by atoms with Gasteiger partial charge >= 0.3 is 0 Å². The highest BCUT2D eigenvalue weighted by Crippen LogP contribution is 2.40. The van der Waals surface area contributed by atoms with Crippen molar-refractivity contribution in [3.05, 3.63) is 180 Å². The first-order chi connectivity index (χ1) is 24.8. The van der Waals surface area contributed by atoms with E-state index in [1.165, 1.54) is 60.9 Å². The van der Waals surface area contributed by atoms with Crippen molar-refractivity contribution in [2.24, 2.45) is 10.7 Å². The topological polar surface area (TPSA) is 51.5 Å². The second-order valence-corrected chi connectivity index (χ2v) is 12.7. The Morgan fingerprint density at radius 2 is 0.940 bits per heavy atom. The smallest absolute Gasteiger partial charge is 0.136 e. The fourth-order valence-corrected chi connectivity index (χ4v) is 7.63. The van der Waals surface area contributed by atoms with Crippen LogP contribution in [0.25, 0.3) is 75.8 Å². The van der Waals surface area contributed by atoms with Gasteiger partial charge in [-0.05, 0) is 102 Å². The van der Waals surface area contributed by atoms with Gasteiger partial charge in [0.05, 0.1) is 6.04 Å². The van der Waals surface area contributed by atoms with E-state index in [1.54, 1.807) is 0 Å². The average Bonchev–Trinajstić information content (AvgIpc) is 3.56. The van der Waals surface area contributed by atoms with E-state index in [2.05, 4.69) is 176 Å². The fraction of sp³-hybridized carbons (Fsp3) is 0.0426. The summed E-state index contributed by atoms with van der Waals surface area (Å²) in [6.07, 6.45) is 2.05. The molecule has 0 aliphatic heterocycles. The van der Waals surface area contributed by atoms with Gasteiger partial charge < -0.3 is 10.2 Å². The van der Waals surface area contributed by atoms with Crippen LogP contribution in [0.3, 0.4) is 0 Å². The number of nitrogens with two attached hydrogens (primary N) is 1. The third-order valence-corrected chi connectivity index (χ3v) is 9.93. The van der Waals surface area contributed by atoms with Gasteiger partial charge in [0.25, 0.3) is 0 Å². The highest BCUT2D eigenvalue weighted by Gasteiger charge is 2.17. The zero-order chi connectivity index (χ0) is 33.6. The molecule has 238 valence electrons. The molecule has 0 saturated heterocycles. The number of rotatable bonds is 4. The molecule has 0 spiro atoms. The molecule has 1 heterocycles. The molecule has 0 unspecified atom stereocenters. The first kappa shape index (κ1) is 29.8. The Bertz CT molecular complexity index is 2840. The third-order valence-electron chi connectivity index (χ3n) is 9.93. The summed E-state index contributed by atoms with van der Waals surface area (Å²) in [6.45, 7) is 0. The molecule has 0 atom stereocenters. The maximum absolute atomic E-state index is 6.57. The Kier molecular flexibility index (Phi) is 7.34. The van der Waals surface area contributed by atoms with Crippen molar-refractivity contribution in [3.8, 4) is 0 Å². The molecule has 0 bridgehead atoms. The van der Waals surface area contributed by atoms with Crippen molar-refractivity contribution >= 4 is 82.0 Å². The van der Waals surface area contributed by atoms with E-state index in [-0.39, 0.29) is 6.04 Å². The molecule has 0 saturated carbocycles. The Labute approximate surface area is 289 Å². The van der Waals surface area contributed by atoms with E-state index >= 15 is 0 Å². The molecule has 1 aromatic heterocycles. The van der Waals surface area contributed by atoms with Gasteiger partial charge in [-0.3, -0.25) is 4.99 Å². The lowest BCUT2D eigenvalue weighted by atomic mass is 9.93. The summed E-state index contributed by atoms with van der Waals surface area (Å²) in [6, 6.07) is 58.5. The van der Waals surface area contributed by atoms with Crippen LogP contribution in [0.5, 0.6) is 0 Å². The van der Waals surface area contributed by atoms with Crippen LogP contribution >= 0.6 is 0 Å². The van der Waals surface area contributed by atoms with Crippen molar-refractivity contribution in [1.82, 2.24) is 0 Å². The quantitative estimate of drug-likeness (QED) is 0.153. The Morgan fingerprint density at radius 3 is 1.52 bits per heavy atom. The van der Waals surface area contributed by atoms with Crippen molar-refractivity contribution in [2.45, 2.75) is 6.04 Å². The van der Waals surface area contributed by atoms with Gasteiger partial charge in [-0.25, -0.2) is 0 Å². The summed E-state index contributed by atoms with van der Waals surface area (Å²) in [4.78, 5) is 5.37. The molecule has 9 aromatic carbocycles. The van der Waals surface area contributed by atoms with Gasteiger partial charge in [0, 0.05) is 22.6 Å². The molecule has 10 rings (SSSR count). The van der Waals surface area contributed by atoms with Crippen LogP contribution in [0, 0.1) is 0 Å². The predicted molar refractivity (Wildman–Crippen MR) is 214 cm³/mol. The van der Waals surface area contributed by atoms with Gasteiger partial charge in [-0.2, -0.15) is 0 Å². The lowest BCUT2D eigenvalue weighted by molar-refractivity contribution is 0.669. The first-order valence-corrected chi connectivity index (χ1v) is 17.1. The molecule has 3 heteroatoms. The summed E-state index contributed by atoms with van der Waals surface area (Å²) in [5, 5.41) is 14.5. The maximum atomic E-state index is 6.57. The highest BCUT2D eigenvalue weighted by atomic mass is 16.3. The second-order valence-electron chi connectivity index (χ2n) is 12.7. The molecular formula is C47H34N2O. The van der Waals surface area contributed by atoms with Crippen LogP contribution in [0.1, 0.15) is 22.7 Å². The Balaban J connectivity index is 0.00000165. The summed E-state index contributed by atoms with van der Waals surface area (Å²) < 4.78 is 6.57. The minimum atomic E-state index is -0.177. The third kappa shape index (κ3) is 4.91. The molecule has 0 fully saturated rings. The minimum absolute atomic E-state index is 0.177. The van der Waals surface area contributed by atoms with Crippen LogP contribution in [0.15, 0.2) is 173 Å². The van der Waals surface area contributed by atoms with Crippen molar-refractivity contribution in [2.75, 3.05) is 7.05 Å². The van der Waals surface area contributed by atoms with Gasteiger partial charge in [0.2, 0.25) is 0 Å². The molecule has 50 heavy (non-hydrogen) atoms. The van der Waals surface area contributed by atoms with Crippen LogP contribution in [0.2, 0.25) is 0 Å².